The first-order valence-electron chi connectivity index (χ1n) is 8.38. The smallest absolute Gasteiger partial charge is 0.335 e. The number of amides is 1. The van der Waals surface area contributed by atoms with Crippen LogP contribution in [0.4, 0.5) is 15.8 Å². The molecule has 0 aliphatic heterocycles. The van der Waals surface area contributed by atoms with E-state index in [0.29, 0.717) is 5.69 Å². The number of sulfonamides is 1. The molecule has 3 N–H and O–H groups in total. The van der Waals surface area contributed by atoms with Crippen molar-refractivity contribution in [1.29, 1.82) is 0 Å². The SMILES string of the molecule is O=C(O)c1ccc(NC(=O)c2cc(Cl)ccc2NS(=O)(=O)c2ccc(F)cc2)cc1. The fourth-order valence-electron chi connectivity index (χ4n) is 2.51. The van der Waals surface area contributed by atoms with Gasteiger partial charge in [-0.15, -0.1) is 0 Å². The quantitative estimate of drug-likeness (QED) is 0.522. The van der Waals surface area contributed by atoms with Crippen LogP contribution in [-0.2, 0) is 10.0 Å². The van der Waals surface area contributed by atoms with E-state index in [1.54, 1.807) is 0 Å². The predicted octanol–water partition coefficient (Wildman–Crippen LogP) is 4.23. The van der Waals surface area contributed by atoms with E-state index in [1.165, 1.54) is 42.5 Å². The minimum Gasteiger partial charge on any atom is -0.478 e. The number of nitrogens with one attached hydrogen (secondary N) is 2. The zero-order chi connectivity index (χ0) is 21.9. The highest BCUT2D eigenvalue weighted by atomic mass is 35.5. The molecule has 0 atom stereocenters. The number of carboxylic acid groups (broad SMARTS) is 1. The van der Waals surface area contributed by atoms with Crippen molar-refractivity contribution in [3.8, 4) is 0 Å². The summed E-state index contributed by atoms with van der Waals surface area (Å²) in [7, 11) is -4.09. The molecule has 3 aromatic rings. The second kappa shape index (κ2) is 8.52. The lowest BCUT2D eigenvalue weighted by molar-refractivity contribution is 0.0696. The third-order valence-electron chi connectivity index (χ3n) is 3.98. The molecule has 0 radical (unpaired) electrons. The number of rotatable bonds is 6. The Kier molecular flexibility index (Phi) is 6.04. The van der Waals surface area contributed by atoms with Gasteiger partial charge in [0.1, 0.15) is 5.82 Å². The summed E-state index contributed by atoms with van der Waals surface area (Å²) in [5, 5.41) is 11.7. The van der Waals surface area contributed by atoms with Gasteiger partial charge in [0.2, 0.25) is 0 Å². The zero-order valence-electron chi connectivity index (χ0n) is 15.1. The fraction of sp³-hybridized carbons (Fsp3) is 0. The highest BCUT2D eigenvalue weighted by Crippen LogP contribution is 2.25. The number of halogens is 2. The second-order valence-electron chi connectivity index (χ2n) is 6.09. The first-order valence-corrected chi connectivity index (χ1v) is 10.2. The molecule has 0 bridgehead atoms. The van der Waals surface area contributed by atoms with Crippen LogP contribution >= 0.6 is 11.6 Å². The first kappa shape index (κ1) is 21.3. The summed E-state index contributed by atoms with van der Waals surface area (Å²) in [6.45, 7) is 0. The highest BCUT2D eigenvalue weighted by Gasteiger charge is 2.20. The van der Waals surface area contributed by atoms with Gasteiger partial charge in [-0.25, -0.2) is 17.6 Å². The van der Waals surface area contributed by atoms with Crippen molar-refractivity contribution in [1.82, 2.24) is 0 Å². The Balaban J connectivity index is 1.88. The van der Waals surface area contributed by atoms with Gasteiger partial charge in [0.25, 0.3) is 15.9 Å². The van der Waals surface area contributed by atoms with E-state index >= 15 is 0 Å². The van der Waals surface area contributed by atoms with E-state index in [1.807, 2.05) is 0 Å². The molecule has 0 fully saturated rings. The van der Waals surface area contributed by atoms with Crippen molar-refractivity contribution in [2.24, 2.45) is 0 Å². The van der Waals surface area contributed by atoms with E-state index in [2.05, 4.69) is 10.0 Å². The largest absolute Gasteiger partial charge is 0.478 e. The van der Waals surface area contributed by atoms with Crippen molar-refractivity contribution < 1.29 is 27.5 Å². The van der Waals surface area contributed by atoms with Crippen LogP contribution in [0.3, 0.4) is 0 Å². The van der Waals surface area contributed by atoms with E-state index in [4.69, 9.17) is 16.7 Å². The molecule has 1 amide bonds. The number of hydrogen-bond donors (Lipinski definition) is 3. The van der Waals surface area contributed by atoms with E-state index in [0.717, 1.165) is 24.3 Å². The van der Waals surface area contributed by atoms with Crippen LogP contribution in [0.5, 0.6) is 0 Å². The Morgan fingerprint density at radius 1 is 0.933 bits per heavy atom. The maximum absolute atomic E-state index is 13.1. The van der Waals surface area contributed by atoms with Gasteiger partial charge in [-0.05, 0) is 66.7 Å². The van der Waals surface area contributed by atoms with Gasteiger partial charge >= 0.3 is 5.97 Å². The van der Waals surface area contributed by atoms with Crippen LogP contribution in [0.15, 0.2) is 71.6 Å². The lowest BCUT2D eigenvalue weighted by Gasteiger charge is -2.13. The molecule has 3 aromatic carbocycles. The maximum atomic E-state index is 13.1. The molecule has 30 heavy (non-hydrogen) atoms. The number of benzene rings is 3. The molecule has 0 aliphatic carbocycles. The molecular weight excluding hydrogens is 435 g/mol. The van der Waals surface area contributed by atoms with E-state index in [-0.39, 0.29) is 26.7 Å². The topological polar surface area (TPSA) is 113 Å². The summed E-state index contributed by atoms with van der Waals surface area (Å²) in [4.78, 5) is 23.4. The predicted molar refractivity (Wildman–Crippen MR) is 110 cm³/mol. The third kappa shape index (κ3) is 4.94. The summed E-state index contributed by atoms with van der Waals surface area (Å²) < 4.78 is 40.5. The van der Waals surface area contributed by atoms with E-state index < -0.39 is 27.7 Å². The zero-order valence-corrected chi connectivity index (χ0v) is 16.7. The standard InChI is InChI=1S/C20H14ClFN2O5S/c21-13-3-10-18(24-30(28,29)16-8-4-14(22)5-9-16)17(11-13)19(25)23-15-6-1-12(2-7-15)20(26)27/h1-11,24H,(H,23,25)(H,26,27). The summed E-state index contributed by atoms with van der Waals surface area (Å²) in [6.07, 6.45) is 0. The van der Waals surface area contributed by atoms with Crippen LogP contribution in [0, 0.1) is 5.82 Å². The minimum atomic E-state index is -4.09. The number of hydrogen-bond acceptors (Lipinski definition) is 4. The summed E-state index contributed by atoms with van der Waals surface area (Å²) in [5.74, 6) is -2.37. The van der Waals surface area contributed by atoms with Crippen LogP contribution < -0.4 is 10.0 Å². The highest BCUT2D eigenvalue weighted by molar-refractivity contribution is 7.92. The van der Waals surface area contributed by atoms with Crippen molar-refractivity contribution in [2.75, 3.05) is 10.0 Å². The molecule has 0 heterocycles. The summed E-state index contributed by atoms with van der Waals surface area (Å²) in [6, 6.07) is 13.6. The first-order chi connectivity index (χ1) is 14.2. The van der Waals surface area contributed by atoms with Gasteiger partial charge in [-0.3, -0.25) is 9.52 Å². The monoisotopic (exact) mass is 448 g/mol. The number of carbonyl (C=O) groups excluding carboxylic acids is 1. The van der Waals surface area contributed by atoms with Crippen LogP contribution in [0.2, 0.25) is 5.02 Å². The molecule has 3 rings (SSSR count). The number of carbonyl (C=O) groups is 2. The van der Waals surface area contributed by atoms with Crippen molar-refractivity contribution in [3.05, 3.63) is 88.7 Å². The molecule has 0 unspecified atom stereocenters. The average molecular weight is 449 g/mol. The number of aromatic carboxylic acids is 1. The molecule has 7 nitrogen and oxygen atoms in total. The van der Waals surface area contributed by atoms with Crippen molar-refractivity contribution >= 4 is 44.9 Å². The molecule has 10 heteroatoms. The Morgan fingerprint density at radius 3 is 2.17 bits per heavy atom. The lowest BCUT2D eigenvalue weighted by atomic mass is 10.1. The molecule has 0 aromatic heterocycles. The Hall–Kier alpha value is -3.43. The van der Waals surface area contributed by atoms with Gasteiger partial charge < -0.3 is 10.4 Å². The summed E-state index contributed by atoms with van der Waals surface area (Å²) in [5.41, 5.74) is 0.250. The van der Waals surface area contributed by atoms with Gasteiger partial charge in [0.15, 0.2) is 0 Å². The minimum absolute atomic E-state index is 0.0385. The van der Waals surface area contributed by atoms with Crippen LogP contribution in [0.25, 0.3) is 0 Å². The molecule has 0 aliphatic rings. The molecule has 0 saturated heterocycles. The number of carboxylic acids is 1. The maximum Gasteiger partial charge on any atom is 0.335 e. The molecule has 0 saturated carbocycles. The number of anilines is 2. The second-order valence-corrected chi connectivity index (χ2v) is 8.20. The fourth-order valence-corrected chi connectivity index (χ4v) is 3.76. The van der Waals surface area contributed by atoms with Gasteiger partial charge in [0.05, 0.1) is 21.7 Å². The van der Waals surface area contributed by atoms with Crippen molar-refractivity contribution in [2.45, 2.75) is 4.90 Å². The molecule has 154 valence electrons. The van der Waals surface area contributed by atoms with Gasteiger partial charge in [-0.1, -0.05) is 11.6 Å². The Labute approximate surface area is 176 Å². The van der Waals surface area contributed by atoms with Gasteiger partial charge in [-0.2, -0.15) is 0 Å². The lowest BCUT2D eigenvalue weighted by Crippen LogP contribution is -2.18. The Morgan fingerprint density at radius 2 is 1.57 bits per heavy atom. The summed E-state index contributed by atoms with van der Waals surface area (Å²) >= 11 is 5.96. The Bertz CT molecular complexity index is 1210. The van der Waals surface area contributed by atoms with Gasteiger partial charge in [0, 0.05) is 10.7 Å². The van der Waals surface area contributed by atoms with Crippen LogP contribution in [-0.4, -0.2) is 25.4 Å². The molecular formula is C20H14ClFN2O5S. The van der Waals surface area contributed by atoms with E-state index in [9.17, 15) is 22.4 Å². The molecule has 0 spiro atoms. The van der Waals surface area contributed by atoms with Crippen molar-refractivity contribution in [3.63, 3.8) is 0 Å². The average Bonchev–Trinajstić information content (AvgIpc) is 2.70. The van der Waals surface area contributed by atoms with Crippen LogP contribution in [0.1, 0.15) is 20.7 Å². The third-order valence-corrected chi connectivity index (χ3v) is 5.60. The normalized spacial score (nSPS) is 11.0.